The zero-order chi connectivity index (χ0) is 15.9. The topological polar surface area (TPSA) is 77.3 Å². The Labute approximate surface area is 133 Å². The first-order valence-electron chi connectivity index (χ1n) is 7.20. The van der Waals surface area contributed by atoms with Crippen molar-refractivity contribution in [2.75, 3.05) is 6.54 Å². The summed E-state index contributed by atoms with van der Waals surface area (Å²) in [6.07, 6.45) is -0.0806. The highest BCUT2D eigenvalue weighted by Gasteiger charge is 2.09. The molecule has 0 saturated heterocycles. The van der Waals surface area contributed by atoms with E-state index in [0.29, 0.717) is 30.4 Å². The second-order valence-electron chi connectivity index (χ2n) is 4.76. The van der Waals surface area contributed by atoms with Crippen molar-refractivity contribution in [3.05, 3.63) is 66.6 Å². The largest absolute Gasteiger partial charge is 0.412 e. The molecule has 0 spiro atoms. The van der Waals surface area contributed by atoms with Gasteiger partial charge in [0.25, 0.3) is 0 Å². The molecule has 0 bridgehead atoms. The van der Waals surface area contributed by atoms with Crippen molar-refractivity contribution in [1.29, 1.82) is 0 Å². The third-order valence-corrected chi connectivity index (χ3v) is 3.06. The minimum atomic E-state index is -0.515. The number of amides is 1. The zero-order valence-electron chi connectivity index (χ0n) is 12.3. The Balaban J connectivity index is 1.48. The van der Waals surface area contributed by atoms with Crippen molar-refractivity contribution in [3.8, 4) is 17.1 Å². The number of carbonyl (C=O) groups is 1. The third-order valence-electron chi connectivity index (χ3n) is 3.06. The number of hydrogen-bond acceptors (Lipinski definition) is 5. The quantitative estimate of drug-likeness (QED) is 0.783. The van der Waals surface area contributed by atoms with Crippen LogP contribution >= 0.6 is 0 Å². The maximum atomic E-state index is 11.6. The molecule has 0 aliphatic carbocycles. The Morgan fingerprint density at radius 1 is 1.04 bits per heavy atom. The van der Waals surface area contributed by atoms with Gasteiger partial charge in [-0.3, -0.25) is 0 Å². The molecule has 3 rings (SSSR count). The molecule has 0 aliphatic rings. The lowest BCUT2D eigenvalue weighted by Crippen LogP contribution is -2.28. The second kappa shape index (κ2) is 7.22. The smallest absolute Gasteiger partial charge is 0.410 e. The highest BCUT2D eigenvalue weighted by atomic mass is 16.6. The van der Waals surface area contributed by atoms with E-state index in [-0.39, 0.29) is 0 Å². The van der Waals surface area contributed by atoms with E-state index in [1.807, 2.05) is 36.4 Å². The number of para-hydroxylation sites is 1. The van der Waals surface area contributed by atoms with E-state index in [4.69, 9.17) is 9.26 Å². The molecule has 1 aromatic heterocycles. The molecule has 0 unspecified atom stereocenters. The van der Waals surface area contributed by atoms with E-state index in [2.05, 4.69) is 15.5 Å². The average molecular weight is 309 g/mol. The summed E-state index contributed by atoms with van der Waals surface area (Å²) in [5, 5.41) is 6.56. The summed E-state index contributed by atoms with van der Waals surface area (Å²) in [5.74, 6) is 1.49. The van der Waals surface area contributed by atoms with Gasteiger partial charge in [-0.05, 0) is 12.1 Å². The van der Waals surface area contributed by atoms with Gasteiger partial charge in [-0.15, -0.1) is 0 Å². The SMILES string of the molecule is O=C(NCCc1nc(-c2ccccc2)no1)Oc1ccccc1. The lowest BCUT2D eigenvalue weighted by atomic mass is 10.2. The number of rotatable bonds is 5. The van der Waals surface area contributed by atoms with Crippen LogP contribution in [-0.4, -0.2) is 22.8 Å². The second-order valence-corrected chi connectivity index (χ2v) is 4.76. The van der Waals surface area contributed by atoms with E-state index in [9.17, 15) is 4.79 Å². The Morgan fingerprint density at radius 3 is 2.48 bits per heavy atom. The number of hydrogen-bond donors (Lipinski definition) is 1. The van der Waals surface area contributed by atoms with Crippen LogP contribution in [0.1, 0.15) is 5.89 Å². The number of ether oxygens (including phenoxy) is 1. The van der Waals surface area contributed by atoms with E-state index >= 15 is 0 Å². The maximum absolute atomic E-state index is 11.6. The monoisotopic (exact) mass is 309 g/mol. The fraction of sp³-hybridized carbons (Fsp3) is 0.118. The van der Waals surface area contributed by atoms with Crippen LogP contribution in [0.15, 0.2) is 65.2 Å². The number of carbonyl (C=O) groups excluding carboxylic acids is 1. The molecule has 6 nitrogen and oxygen atoms in total. The standard InChI is InChI=1S/C17H15N3O3/c21-17(22-14-9-5-2-6-10-14)18-12-11-15-19-16(20-23-15)13-7-3-1-4-8-13/h1-10H,11-12H2,(H,18,21). The average Bonchev–Trinajstić information content (AvgIpc) is 3.05. The van der Waals surface area contributed by atoms with Gasteiger partial charge in [-0.25, -0.2) is 4.79 Å². The molecule has 0 saturated carbocycles. The van der Waals surface area contributed by atoms with Crippen molar-refractivity contribution < 1.29 is 14.1 Å². The van der Waals surface area contributed by atoms with Gasteiger partial charge < -0.3 is 14.6 Å². The summed E-state index contributed by atoms with van der Waals surface area (Å²) in [7, 11) is 0. The van der Waals surface area contributed by atoms with Crippen LogP contribution in [0.25, 0.3) is 11.4 Å². The van der Waals surface area contributed by atoms with Gasteiger partial charge in [-0.1, -0.05) is 53.7 Å². The Morgan fingerprint density at radius 2 is 1.74 bits per heavy atom. The van der Waals surface area contributed by atoms with Crippen LogP contribution in [0.3, 0.4) is 0 Å². The first-order valence-corrected chi connectivity index (χ1v) is 7.20. The molecule has 1 amide bonds. The Bertz CT molecular complexity index is 757. The summed E-state index contributed by atoms with van der Waals surface area (Å²) in [6, 6.07) is 18.4. The third kappa shape index (κ3) is 4.16. The normalized spacial score (nSPS) is 10.3. The molecule has 2 aromatic carbocycles. The predicted molar refractivity (Wildman–Crippen MR) is 83.9 cm³/mol. The molecule has 3 aromatic rings. The highest BCUT2D eigenvalue weighted by Crippen LogP contribution is 2.14. The van der Waals surface area contributed by atoms with Crippen molar-refractivity contribution in [2.45, 2.75) is 6.42 Å². The van der Waals surface area contributed by atoms with Gasteiger partial charge >= 0.3 is 6.09 Å². The van der Waals surface area contributed by atoms with Gasteiger partial charge in [0.05, 0.1) is 0 Å². The van der Waals surface area contributed by atoms with Crippen LogP contribution in [0.5, 0.6) is 5.75 Å². The molecule has 1 heterocycles. The van der Waals surface area contributed by atoms with Crippen LogP contribution in [0.2, 0.25) is 0 Å². The highest BCUT2D eigenvalue weighted by molar-refractivity contribution is 5.70. The first kappa shape index (κ1) is 14.8. The predicted octanol–water partition coefficient (Wildman–Crippen LogP) is 3.07. The molecule has 0 aliphatic heterocycles. The molecule has 0 radical (unpaired) electrons. The molecule has 6 heteroatoms. The van der Waals surface area contributed by atoms with Crippen molar-refractivity contribution >= 4 is 6.09 Å². The molecule has 1 N–H and O–H groups in total. The zero-order valence-corrected chi connectivity index (χ0v) is 12.3. The molecule has 116 valence electrons. The van der Waals surface area contributed by atoms with Gasteiger partial charge in [0.15, 0.2) is 0 Å². The van der Waals surface area contributed by atoms with E-state index in [1.165, 1.54) is 0 Å². The van der Waals surface area contributed by atoms with Crippen LogP contribution in [0.4, 0.5) is 4.79 Å². The lowest BCUT2D eigenvalue weighted by molar-refractivity contribution is 0.200. The van der Waals surface area contributed by atoms with Gasteiger partial charge in [0, 0.05) is 18.5 Å². The van der Waals surface area contributed by atoms with E-state index < -0.39 is 6.09 Å². The van der Waals surface area contributed by atoms with Crippen LogP contribution in [-0.2, 0) is 6.42 Å². The summed E-state index contributed by atoms with van der Waals surface area (Å²) in [5.41, 5.74) is 0.888. The Hall–Kier alpha value is -3.15. The van der Waals surface area contributed by atoms with Gasteiger partial charge in [0.1, 0.15) is 5.75 Å². The lowest BCUT2D eigenvalue weighted by Gasteiger charge is -2.04. The van der Waals surface area contributed by atoms with Gasteiger partial charge in [0.2, 0.25) is 11.7 Å². The number of benzene rings is 2. The molecule has 23 heavy (non-hydrogen) atoms. The summed E-state index contributed by atoms with van der Waals surface area (Å²) in [6.45, 7) is 0.349. The van der Waals surface area contributed by atoms with E-state index in [0.717, 1.165) is 5.56 Å². The van der Waals surface area contributed by atoms with Crippen LogP contribution < -0.4 is 10.1 Å². The molecule has 0 fully saturated rings. The molecular formula is C17H15N3O3. The number of nitrogens with one attached hydrogen (secondary N) is 1. The van der Waals surface area contributed by atoms with Gasteiger partial charge in [-0.2, -0.15) is 4.98 Å². The molecule has 0 atom stereocenters. The maximum Gasteiger partial charge on any atom is 0.412 e. The Kier molecular flexibility index (Phi) is 4.63. The fourth-order valence-corrected chi connectivity index (χ4v) is 1.96. The summed E-state index contributed by atoms with van der Waals surface area (Å²) in [4.78, 5) is 15.9. The number of nitrogens with zero attached hydrogens (tertiary/aromatic N) is 2. The minimum Gasteiger partial charge on any atom is -0.410 e. The van der Waals surface area contributed by atoms with E-state index in [1.54, 1.807) is 24.3 Å². The van der Waals surface area contributed by atoms with Crippen molar-refractivity contribution in [3.63, 3.8) is 0 Å². The van der Waals surface area contributed by atoms with Crippen molar-refractivity contribution in [1.82, 2.24) is 15.5 Å². The minimum absolute atomic E-state index is 0.349. The van der Waals surface area contributed by atoms with Crippen molar-refractivity contribution in [2.24, 2.45) is 0 Å². The van der Waals surface area contributed by atoms with Crippen LogP contribution in [0, 0.1) is 0 Å². The molecular weight excluding hydrogens is 294 g/mol. The summed E-state index contributed by atoms with van der Waals surface area (Å²) >= 11 is 0. The summed E-state index contributed by atoms with van der Waals surface area (Å²) < 4.78 is 10.3. The number of aromatic nitrogens is 2. The first-order chi connectivity index (χ1) is 11.3. The fourth-order valence-electron chi connectivity index (χ4n) is 1.96.